The number of hydrogen-bond acceptors (Lipinski definition) is 5. The van der Waals surface area contributed by atoms with Crippen LogP contribution in [0.1, 0.15) is 84.0 Å². The summed E-state index contributed by atoms with van der Waals surface area (Å²) in [6.45, 7) is 8.64. The van der Waals surface area contributed by atoms with Gasteiger partial charge in [0, 0.05) is 6.42 Å². The molecule has 6 heteroatoms. The molecule has 0 fully saturated rings. The minimum atomic E-state index is -1.92. The van der Waals surface area contributed by atoms with Gasteiger partial charge in [-0.25, -0.2) is 0 Å². The summed E-state index contributed by atoms with van der Waals surface area (Å²) in [4.78, 5) is 24.0. The normalized spacial score (nSPS) is 22.5. The fourth-order valence-corrected chi connectivity index (χ4v) is 5.83. The summed E-state index contributed by atoms with van der Waals surface area (Å²) < 4.78 is 11.3. The predicted molar refractivity (Wildman–Crippen MR) is 124 cm³/mol. The summed E-state index contributed by atoms with van der Waals surface area (Å²) in [5.41, 5.74) is -0.669. The molecule has 5 nitrogen and oxygen atoms in total. The lowest BCUT2D eigenvalue weighted by molar-refractivity contribution is -0.140. The van der Waals surface area contributed by atoms with Gasteiger partial charge in [-0.2, -0.15) is 0 Å². The topological polar surface area (TPSA) is 72.8 Å². The monoisotopic (exact) mass is 440 g/mol. The molecule has 2 unspecified atom stereocenters. The maximum Gasteiger partial charge on any atom is 0.305 e. The van der Waals surface area contributed by atoms with Gasteiger partial charge >= 0.3 is 5.97 Å². The van der Waals surface area contributed by atoms with Crippen LogP contribution in [0.4, 0.5) is 0 Å². The number of hydrogen-bond donors (Lipinski definition) is 1. The van der Waals surface area contributed by atoms with Crippen LogP contribution in [0.5, 0.6) is 0 Å². The van der Waals surface area contributed by atoms with Crippen molar-refractivity contribution in [1.82, 2.24) is 0 Å². The number of ketones is 1. The van der Waals surface area contributed by atoms with E-state index >= 15 is 0 Å². The number of aliphatic hydroxyl groups excluding tert-OH is 1. The third kappa shape index (κ3) is 9.44. The molecule has 0 bridgehead atoms. The fraction of sp³-hybridized carbons (Fsp3) is 0.833. The van der Waals surface area contributed by atoms with Crippen molar-refractivity contribution in [3.63, 3.8) is 0 Å². The highest BCUT2D eigenvalue weighted by molar-refractivity contribution is 6.69. The summed E-state index contributed by atoms with van der Waals surface area (Å²) in [5.74, 6) is -0.728. The number of rotatable bonds is 16. The van der Waals surface area contributed by atoms with E-state index in [0.29, 0.717) is 12.8 Å². The Morgan fingerprint density at radius 3 is 2.37 bits per heavy atom. The molecule has 0 aromatic rings. The van der Waals surface area contributed by atoms with E-state index in [1.54, 1.807) is 6.08 Å². The summed E-state index contributed by atoms with van der Waals surface area (Å²) in [6.07, 6.45) is 14.0. The molecule has 0 aliphatic heterocycles. The Labute approximate surface area is 184 Å². The average Bonchev–Trinajstić information content (AvgIpc) is 2.98. The molecular weight excluding hydrogens is 396 g/mol. The predicted octanol–water partition coefficient (Wildman–Crippen LogP) is 5.57. The number of esters is 1. The second-order valence-corrected chi connectivity index (χ2v) is 14.1. The minimum Gasteiger partial charge on any atom is -0.469 e. The molecule has 1 rings (SSSR count). The van der Waals surface area contributed by atoms with E-state index < -0.39 is 25.9 Å². The lowest BCUT2D eigenvalue weighted by Gasteiger charge is -2.41. The van der Waals surface area contributed by atoms with Crippen molar-refractivity contribution >= 4 is 20.1 Å². The third-order valence-electron chi connectivity index (χ3n) is 5.77. The van der Waals surface area contributed by atoms with Crippen LogP contribution in [0, 0.1) is 5.92 Å². The highest BCUT2D eigenvalue weighted by Crippen LogP contribution is 2.41. The van der Waals surface area contributed by atoms with Crippen LogP contribution in [0.3, 0.4) is 0 Å². The van der Waals surface area contributed by atoms with Crippen molar-refractivity contribution in [3.05, 3.63) is 12.2 Å². The van der Waals surface area contributed by atoms with Crippen LogP contribution in [0.15, 0.2) is 12.2 Å². The van der Waals surface area contributed by atoms with E-state index in [9.17, 15) is 14.7 Å². The van der Waals surface area contributed by atoms with Crippen LogP contribution in [-0.4, -0.2) is 44.0 Å². The Hall–Kier alpha value is -0.983. The summed E-state index contributed by atoms with van der Waals surface area (Å²) in [6, 6.07) is 0. The summed E-state index contributed by atoms with van der Waals surface area (Å²) in [5, 5.41) is 11.0. The number of carbonyl (C=O) groups is 2. The number of aliphatic hydroxyl groups is 1. The molecule has 0 aromatic heterocycles. The molecule has 174 valence electrons. The van der Waals surface area contributed by atoms with Gasteiger partial charge in [-0.15, -0.1) is 0 Å². The van der Waals surface area contributed by atoms with Gasteiger partial charge < -0.3 is 14.3 Å². The van der Waals surface area contributed by atoms with E-state index in [1.807, 2.05) is 6.08 Å². The number of methoxy groups -OCH3 is 1. The minimum absolute atomic E-state index is 0.0127. The highest BCUT2D eigenvalue weighted by atomic mass is 28.4. The zero-order chi connectivity index (χ0) is 22.6. The van der Waals surface area contributed by atoms with Gasteiger partial charge in [0.05, 0.1) is 24.7 Å². The van der Waals surface area contributed by atoms with Crippen molar-refractivity contribution in [3.8, 4) is 0 Å². The van der Waals surface area contributed by atoms with E-state index in [1.165, 1.54) is 32.8 Å². The number of carbonyl (C=O) groups excluding carboxylic acids is 2. The maximum absolute atomic E-state index is 12.7. The number of ether oxygens (including phenoxy) is 1. The molecule has 0 amide bonds. The van der Waals surface area contributed by atoms with Crippen molar-refractivity contribution in [2.45, 2.75) is 115 Å². The highest BCUT2D eigenvalue weighted by Gasteiger charge is 2.50. The first kappa shape index (κ1) is 27.1. The Morgan fingerprint density at radius 2 is 1.73 bits per heavy atom. The second-order valence-electron chi connectivity index (χ2n) is 9.64. The van der Waals surface area contributed by atoms with Gasteiger partial charge in [0.1, 0.15) is 0 Å². The largest absolute Gasteiger partial charge is 0.469 e. The molecule has 0 heterocycles. The van der Waals surface area contributed by atoms with Gasteiger partial charge in [0.25, 0.3) is 0 Å². The lowest BCUT2D eigenvalue weighted by atomic mass is 9.80. The molecule has 0 aromatic carbocycles. The van der Waals surface area contributed by atoms with Gasteiger partial charge in [-0.05, 0) is 51.1 Å². The molecule has 0 saturated carbocycles. The molecule has 1 aliphatic rings. The lowest BCUT2D eigenvalue weighted by Crippen LogP contribution is -2.50. The van der Waals surface area contributed by atoms with Gasteiger partial charge in [0.2, 0.25) is 0 Å². The zero-order valence-electron chi connectivity index (χ0n) is 19.9. The van der Waals surface area contributed by atoms with Gasteiger partial charge in [0.15, 0.2) is 14.1 Å². The van der Waals surface area contributed by atoms with Crippen molar-refractivity contribution in [2.75, 3.05) is 7.11 Å². The summed E-state index contributed by atoms with van der Waals surface area (Å²) in [7, 11) is -0.524. The molecular formula is C24H44O5Si. The SMILES string of the molecule is CCCCCCCC[C@@]1(O[Si](C)(C)C)C=CC(=O)C1C(O)CCCCCC(=O)OC. The molecule has 3 atom stereocenters. The van der Waals surface area contributed by atoms with Gasteiger partial charge in [-0.3, -0.25) is 9.59 Å². The first-order valence-electron chi connectivity index (χ1n) is 11.8. The fourth-order valence-electron chi connectivity index (χ4n) is 4.39. The van der Waals surface area contributed by atoms with Crippen LogP contribution >= 0.6 is 0 Å². The van der Waals surface area contributed by atoms with Crippen molar-refractivity contribution in [1.29, 1.82) is 0 Å². The molecule has 0 saturated heterocycles. The summed E-state index contributed by atoms with van der Waals surface area (Å²) >= 11 is 0. The smallest absolute Gasteiger partial charge is 0.305 e. The molecule has 1 aliphatic carbocycles. The van der Waals surface area contributed by atoms with Crippen LogP contribution in [-0.2, 0) is 18.8 Å². The third-order valence-corrected chi connectivity index (χ3v) is 6.77. The van der Waals surface area contributed by atoms with Gasteiger partial charge in [-0.1, -0.05) is 58.3 Å². The van der Waals surface area contributed by atoms with Crippen LogP contribution in [0.25, 0.3) is 0 Å². The Bertz CT molecular complexity index is 554. The number of unbranched alkanes of at least 4 members (excludes halogenated alkanes) is 7. The Balaban J connectivity index is 2.70. The molecule has 0 radical (unpaired) electrons. The van der Waals surface area contributed by atoms with Crippen LogP contribution in [0.2, 0.25) is 19.6 Å². The Kier molecular flexibility index (Phi) is 12.1. The van der Waals surface area contributed by atoms with E-state index in [4.69, 9.17) is 4.43 Å². The maximum atomic E-state index is 12.7. The van der Waals surface area contributed by atoms with E-state index in [2.05, 4.69) is 31.3 Å². The van der Waals surface area contributed by atoms with E-state index in [-0.39, 0.29) is 11.8 Å². The molecule has 30 heavy (non-hydrogen) atoms. The molecule has 1 N–H and O–H groups in total. The molecule has 0 spiro atoms. The first-order valence-corrected chi connectivity index (χ1v) is 15.2. The van der Waals surface area contributed by atoms with Crippen LogP contribution < -0.4 is 0 Å². The van der Waals surface area contributed by atoms with Crippen molar-refractivity contribution < 1.29 is 23.9 Å². The Morgan fingerprint density at radius 1 is 1.10 bits per heavy atom. The quantitative estimate of drug-likeness (QED) is 0.193. The standard InChI is InChI=1S/C24H44O5Si/c1-6-7-8-9-10-14-18-24(29-30(3,4)5)19-17-21(26)23(24)20(25)15-12-11-13-16-22(27)28-2/h17,19-20,23,25H,6-16,18H2,1-5H3/t20?,23?,24-/m1/s1. The second kappa shape index (κ2) is 13.4. The first-order chi connectivity index (χ1) is 14.1. The number of allylic oxidation sites excluding steroid dienone is 1. The van der Waals surface area contributed by atoms with E-state index in [0.717, 1.165) is 38.5 Å². The zero-order valence-corrected chi connectivity index (χ0v) is 20.9. The van der Waals surface area contributed by atoms with Crippen molar-refractivity contribution in [2.24, 2.45) is 5.92 Å². The average molecular weight is 441 g/mol.